The number of nitrogens with zero attached hydrogens (tertiary/aromatic N) is 1. The van der Waals surface area contributed by atoms with Gasteiger partial charge in [0.15, 0.2) is 5.96 Å². The highest BCUT2D eigenvalue weighted by atomic mass is 16.3. The Morgan fingerprint density at radius 2 is 2.00 bits per heavy atom. The summed E-state index contributed by atoms with van der Waals surface area (Å²) in [4.78, 5) is 3.79. The number of aliphatic hydroxyl groups is 1. The molecule has 72 valence electrons. The lowest BCUT2D eigenvalue weighted by Crippen LogP contribution is -2.53. The molecule has 0 heterocycles. The fourth-order valence-electron chi connectivity index (χ4n) is 1.02. The minimum absolute atomic E-state index is 0.0796. The van der Waals surface area contributed by atoms with Crippen LogP contribution in [0.2, 0.25) is 0 Å². The van der Waals surface area contributed by atoms with Crippen molar-refractivity contribution in [2.24, 2.45) is 10.7 Å². The normalized spacial score (nSPS) is 13.2. The Morgan fingerprint density at radius 3 is 2.25 bits per heavy atom. The first-order valence-electron chi connectivity index (χ1n) is 4.25. The molecule has 0 aromatic rings. The number of hydrogen-bond acceptors (Lipinski definition) is 2. The van der Waals surface area contributed by atoms with E-state index in [2.05, 4.69) is 10.3 Å². The highest BCUT2D eigenvalue weighted by Gasteiger charge is 2.24. The second-order valence-corrected chi connectivity index (χ2v) is 2.88. The van der Waals surface area contributed by atoms with Crippen LogP contribution in [0.3, 0.4) is 0 Å². The van der Waals surface area contributed by atoms with Crippen molar-refractivity contribution in [3.8, 4) is 0 Å². The van der Waals surface area contributed by atoms with Crippen LogP contribution in [0.15, 0.2) is 4.99 Å². The van der Waals surface area contributed by atoms with Crippen molar-refractivity contribution in [2.45, 2.75) is 32.2 Å². The number of guanidine groups is 1. The highest BCUT2D eigenvalue weighted by Crippen LogP contribution is 2.13. The zero-order valence-electron chi connectivity index (χ0n) is 8.09. The molecule has 0 bridgehead atoms. The fourth-order valence-corrected chi connectivity index (χ4v) is 1.02. The van der Waals surface area contributed by atoms with E-state index in [0.717, 1.165) is 12.8 Å². The second kappa shape index (κ2) is 4.98. The van der Waals surface area contributed by atoms with Gasteiger partial charge in [0.25, 0.3) is 0 Å². The molecule has 0 aliphatic rings. The lowest BCUT2D eigenvalue weighted by Gasteiger charge is -2.31. The summed E-state index contributed by atoms with van der Waals surface area (Å²) in [6.07, 6.45) is 1.66. The van der Waals surface area contributed by atoms with Crippen LogP contribution in [0, 0.1) is 0 Å². The van der Waals surface area contributed by atoms with Crippen molar-refractivity contribution in [3.05, 3.63) is 0 Å². The fraction of sp³-hybridized carbons (Fsp3) is 0.875. The molecule has 0 amide bonds. The smallest absolute Gasteiger partial charge is 0.188 e. The molecule has 4 heteroatoms. The quantitative estimate of drug-likeness (QED) is 0.416. The molecule has 0 fully saturated rings. The van der Waals surface area contributed by atoms with E-state index in [0.29, 0.717) is 5.96 Å². The zero-order valence-corrected chi connectivity index (χ0v) is 8.09. The summed E-state index contributed by atoms with van der Waals surface area (Å²) in [7, 11) is 1.62. The first kappa shape index (κ1) is 11.2. The standard InChI is InChI=1S/C8H19N3O/c1-4-8(5-2,6-12)11-7(9)10-3/h12H,4-6H2,1-3H3,(H3,9,10,11). The van der Waals surface area contributed by atoms with Gasteiger partial charge in [-0.1, -0.05) is 13.8 Å². The summed E-state index contributed by atoms with van der Waals surface area (Å²) in [5, 5.41) is 12.2. The molecule has 0 atom stereocenters. The molecular weight excluding hydrogens is 154 g/mol. The van der Waals surface area contributed by atoms with E-state index in [9.17, 15) is 0 Å². The molecule has 0 saturated heterocycles. The average molecular weight is 173 g/mol. The first-order valence-corrected chi connectivity index (χ1v) is 4.25. The maximum Gasteiger partial charge on any atom is 0.188 e. The monoisotopic (exact) mass is 173 g/mol. The number of aliphatic hydroxyl groups excluding tert-OH is 1. The van der Waals surface area contributed by atoms with Gasteiger partial charge in [-0.3, -0.25) is 4.99 Å². The van der Waals surface area contributed by atoms with Gasteiger partial charge in [-0.25, -0.2) is 0 Å². The van der Waals surface area contributed by atoms with Gasteiger partial charge in [0.05, 0.1) is 12.1 Å². The minimum Gasteiger partial charge on any atom is -0.394 e. The van der Waals surface area contributed by atoms with Gasteiger partial charge in [-0.05, 0) is 12.8 Å². The maximum atomic E-state index is 9.15. The van der Waals surface area contributed by atoms with Crippen LogP contribution in [-0.2, 0) is 0 Å². The number of nitrogens with two attached hydrogens (primary N) is 1. The van der Waals surface area contributed by atoms with Crippen LogP contribution in [0.1, 0.15) is 26.7 Å². The Morgan fingerprint density at radius 1 is 1.50 bits per heavy atom. The third-order valence-electron chi connectivity index (χ3n) is 2.29. The van der Waals surface area contributed by atoms with Gasteiger partial charge in [0, 0.05) is 7.05 Å². The molecule has 4 N–H and O–H groups in total. The Labute approximate surface area is 73.9 Å². The van der Waals surface area contributed by atoms with Crippen LogP contribution >= 0.6 is 0 Å². The number of nitrogens with one attached hydrogen (secondary N) is 1. The van der Waals surface area contributed by atoms with Gasteiger partial charge < -0.3 is 16.2 Å². The number of rotatable bonds is 4. The second-order valence-electron chi connectivity index (χ2n) is 2.88. The Hall–Kier alpha value is -0.770. The first-order chi connectivity index (χ1) is 5.64. The van der Waals surface area contributed by atoms with Crippen molar-refractivity contribution in [2.75, 3.05) is 13.7 Å². The van der Waals surface area contributed by atoms with E-state index in [1.807, 2.05) is 13.8 Å². The molecule has 0 aromatic heterocycles. The summed E-state index contributed by atoms with van der Waals surface area (Å²) in [6, 6.07) is 0. The predicted molar refractivity (Wildman–Crippen MR) is 51.1 cm³/mol. The van der Waals surface area contributed by atoms with Crippen molar-refractivity contribution in [1.82, 2.24) is 5.32 Å². The van der Waals surface area contributed by atoms with Crippen molar-refractivity contribution in [1.29, 1.82) is 0 Å². The van der Waals surface area contributed by atoms with E-state index >= 15 is 0 Å². The lowest BCUT2D eigenvalue weighted by molar-refractivity contribution is 0.169. The van der Waals surface area contributed by atoms with Crippen molar-refractivity contribution in [3.63, 3.8) is 0 Å². The van der Waals surface area contributed by atoms with E-state index in [-0.39, 0.29) is 12.1 Å². The molecule has 0 saturated carbocycles. The van der Waals surface area contributed by atoms with Crippen LogP contribution in [-0.4, -0.2) is 30.3 Å². The number of hydrogen-bond donors (Lipinski definition) is 3. The van der Waals surface area contributed by atoms with E-state index < -0.39 is 0 Å². The van der Waals surface area contributed by atoms with Crippen LogP contribution in [0.5, 0.6) is 0 Å². The third-order valence-corrected chi connectivity index (χ3v) is 2.29. The summed E-state index contributed by atoms with van der Waals surface area (Å²) in [6.45, 7) is 4.10. The molecule has 0 aromatic carbocycles. The van der Waals surface area contributed by atoms with E-state index in [1.165, 1.54) is 0 Å². The van der Waals surface area contributed by atoms with Crippen molar-refractivity contribution < 1.29 is 5.11 Å². The predicted octanol–water partition coefficient (Wildman–Crippen LogP) is 0.0716. The molecule has 12 heavy (non-hydrogen) atoms. The minimum atomic E-state index is -0.302. The van der Waals surface area contributed by atoms with Gasteiger partial charge in [0.1, 0.15) is 0 Å². The summed E-state index contributed by atoms with van der Waals surface area (Å²) < 4.78 is 0. The lowest BCUT2D eigenvalue weighted by atomic mass is 9.94. The molecule has 0 aliphatic carbocycles. The summed E-state index contributed by atoms with van der Waals surface area (Å²) in [5.74, 6) is 0.382. The molecule has 0 spiro atoms. The Balaban J connectivity index is 4.30. The van der Waals surface area contributed by atoms with Gasteiger partial charge in [-0.15, -0.1) is 0 Å². The molecule has 4 nitrogen and oxygen atoms in total. The van der Waals surface area contributed by atoms with E-state index in [4.69, 9.17) is 10.8 Å². The number of aliphatic imine (C=N–C) groups is 1. The van der Waals surface area contributed by atoms with Crippen LogP contribution < -0.4 is 11.1 Å². The molecule has 0 unspecified atom stereocenters. The van der Waals surface area contributed by atoms with Crippen molar-refractivity contribution >= 4 is 5.96 Å². The SMILES string of the molecule is CCC(CC)(CO)NC(N)=NC. The Kier molecular flexibility index (Phi) is 4.66. The molecular formula is C8H19N3O. The largest absolute Gasteiger partial charge is 0.394 e. The molecule has 0 aliphatic heterocycles. The van der Waals surface area contributed by atoms with Crippen LogP contribution in [0.4, 0.5) is 0 Å². The zero-order chi connectivity index (χ0) is 9.61. The van der Waals surface area contributed by atoms with E-state index in [1.54, 1.807) is 7.05 Å². The third kappa shape index (κ3) is 2.70. The summed E-state index contributed by atoms with van der Waals surface area (Å²) in [5.41, 5.74) is 5.21. The summed E-state index contributed by atoms with van der Waals surface area (Å²) >= 11 is 0. The van der Waals surface area contributed by atoms with Gasteiger partial charge in [-0.2, -0.15) is 0 Å². The average Bonchev–Trinajstić information content (AvgIpc) is 2.14. The van der Waals surface area contributed by atoms with Gasteiger partial charge in [0.2, 0.25) is 0 Å². The van der Waals surface area contributed by atoms with Gasteiger partial charge >= 0.3 is 0 Å². The molecule has 0 rings (SSSR count). The highest BCUT2D eigenvalue weighted by molar-refractivity contribution is 5.78. The molecule has 0 radical (unpaired) electrons. The van der Waals surface area contributed by atoms with Crippen LogP contribution in [0.25, 0.3) is 0 Å². The maximum absolute atomic E-state index is 9.15. The topological polar surface area (TPSA) is 70.6 Å². The Bertz CT molecular complexity index is 144.